The van der Waals surface area contributed by atoms with Crippen LogP contribution in [0.2, 0.25) is 0 Å². The smallest absolute Gasteiger partial charge is 0.0942 e. The van der Waals surface area contributed by atoms with E-state index < -0.39 is 6.10 Å². The summed E-state index contributed by atoms with van der Waals surface area (Å²) in [5.74, 6) is 0.674. The van der Waals surface area contributed by atoms with E-state index in [0.29, 0.717) is 5.92 Å². The third-order valence-electron chi connectivity index (χ3n) is 4.10. The van der Waals surface area contributed by atoms with E-state index in [0.717, 1.165) is 18.7 Å². The molecule has 0 aliphatic rings. The highest BCUT2D eigenvalue weighted by atomic mass is 16.3. The Kier molecular flexibility index (Phi) is 6.53. The zero-order valence-corrected chi connectivity index (χ0v) is 13.1. The van der Waals surface area contributed by atoms with E-state index in [-0.39, 0.29) is 6.04 Å². The molecule has 19 heavy (non-hydrogen) atoms. The van der Waals surface area contributed by atoms with Gasteiger partial charge in [-0.1, -0.05) is 57.0 Å². The van der Waals surface area contributed by atoms with E-state index in [4.69, 9.17) is 0 Å². The normalized spacial score (nSPS) is 16.4. The second kappa shape index (κ2) is 7.66. The van der Waals surface area contributed by atoms with Crippen LogP contribution < -0.4 is 0 Å². The first kappa shape index (κ1) is 16.2. The molecule has 0 bridgehead atoms. The van der Waals surface area contributed by atoms with Crippen LogP contribution in [0.3, 0.4) is 0 Å². The molecular weight excluding hydrogens is 234 g/mol. The summed E-state index contributed by atoms with van der Waals surface area (Å²) in [5, 5.41) is 10.5. The molecule has 0 saturated carbocycles. The van der Waals surface area contributed by atoms with Gasteiger partial charge in [-0.05, 0) is 31.9 Å². The molecule has 0 spiro atoms. The lowest BCUT2D eigenvalue weighted by Gasteiger charge is -2.33. The van der Waals surface area contributed by atoms with Gasteiger partial charge in [0, 0.05) is 12.6 Å². The highest BCUT2D eigenvalue weighted by Gasteiger charge is 2.22. The van der Waals surface area contributed by atoms with Crippen LogP contribution in [0.25, 0.3) is 0 Å². The van der Waals surface area contributed by atoms with E-state index in [1.54, 1.807) is 0 Å². The number of hydrogen-bond acceptors (Lipinski definition) is 2. The van der Waals surface area contributed by atoms with Gasteiger partial charge in [-0.2, -0.15) is 0 Å². The van der Waals surface area contributed by atoms with Crippen molar-refractivity contribution >= 4 is 0 Å². The van der Waals surface area contributed by atoms with Gasteiger partial charge in [0.05, 0.1) is 6.10 Å². The largest absolute Gasteiger partial charge is 0.387 e. The van der Waals surface area contributed by atoms with E-state index in [1.807, 2.05) is 12.1 Å². The van der Waals surface area contributed by atoms with Crippen LogP contribution in [-0.4, -0.2) is 29.1 Å². The van der Waals surface area contributed by atoms with Gasteiger partial charge in [0.15, 0.2) is 0 Å². The van der Waals surface area contributed by atoms with Crippen LogP contribution in [0.15, 0.2) is 24.3 Å². The second-order valence-electron chi connectivity index (χ2n) is 5.70. The Labute approximate surface area is 118 Å². The molecule has 0 saturated heterocycles. The van der Waals surface area contributed by atoms with Crippen LogP contribution in [0.1, 0.15) is 51.3 Å². The monoisotopic (exact) mass is 263 g/mol. The molecule has 0 heterocycles. The summed E-state index contributed by atoms with van der Waals surface area (Å²) in [6.45, 7) is 12.9. The number of rotatable bonds is 7. The van der Waals surface area contributed by atoms with E-state index >= 15 is 0 Å². The number of benzene rings is 1. The van der Waals surface area contributed by atoms with E-state index in [2.05, 4.69) is 51.7 Å². The fourth-order valence-electron chi connectivity index (χ4n) is 2.35. The molecule has 1 rings (SSSR count). The summed E-state index contributed by atoms with van der Waals surface area (Å²) >= 11 is 0. The highest BCUT2D eigenvalue weighted by Crippen LogP contribution is 2.22. The fraction of sp³-hybridized carbons (Fsp3) is 0.647. The van der Waals surface area contributed by atoms with Gasteiger partial charge in [-0.15, -0.1) is 0 Å². The van der Waals surface area contributed by atoms with Crippen molar-refractivity contribution in [2.75, 3.05) is 13.1 Å². The van der Waals surface area contributed by atoms with Gasteiger partial charge >= 0.3 is 0 Å². The zero-order chi connectivity index (χ0) is 14.4. The third kappa shape index (κ3) is 4.63. The lowest BCUT2D eigenvalue weighted by molar-refractivity contribution is 0.0527. The topological polar surface area (TPSA) is 23.5 Å². The van der Waals surface area contributed by atoms with Crippen molar-refractivity contribution in [2.24, 2.45) is 5.92 Å². The fourth-order valence-corrected chi connectivity index (χ4v) is 2.35. The lowest BCUT2D eigenvalue weighted by atomic mass is 9.99. The molecule has 0 aliphatic carbocycles. The number of nitrogens with zero attached hydrogens (tertiary/aromatic N) is 1. The number of aryl methyl sites for hydroxylation is 1. The minimum Gasteiger partial charge on any atom is -0.387 e. The average Bonchev–Trinajstić information content (AvgIpc) is 2.43. The molecule has 2 nitrogen and oxygen atoms in total. The maximum absolute atomic E-state index is 10.5. The molecule has 3 unspecified atom stereocenters. The number of aliphatic hydroxyl groups is 1. The van der Waals surface area contributed by atoms with Crippen LogP contribution in [0, 0.1) is 12.8 Å². The molecule has 0 radical (unpaired) electrons. The Morgan fingerprint density at radius 1 is 1.11 bits per heavy atom. The van der Waals surface area contributed by atoms with Crippen LogP contribution in [-0.2, 0) is 0 Å². The summed E-state index contributed by atoms with van der Waals surface area (Å²) in [6.07, 6.45) is 0.772. The van der Waals surface area contributed by atoms with Crippen LogP contribution >= 0.6 is 0 Å². The molecular formula is C17H29NO. The van der Waals surface area contributed by atoms with Crippen molar-refractivity contribution in [1.82, 2.24) is 4.90 Å². The van der Waals surface area contributed by atoms with E-state index in [1.165, 1.54) is 12.0 Å². The number of aliphatic hydroxyl groups excluding tert-OH is 1. The van der Waals surface area contributed by atoms with Crippen molar-refractivity contribution in [3.8, 4) is 0 Å². The maximum Gasteiger partial charge on any atom is 0.0942 e. The summed E-state index contributed by atoms with van der Waals surface area (Å²) in [5.41, 5.74) is 2.25. The first-order valence-electron chi connectivity index (χ1n) is 7.48. The van der Waals surface area contributed by atoms with Gasteiger partial charge in [-0.3, -0.25) is 4.90 Å². The average molecular weight is 263 g/mol. The Morgan fingerprint density at radius 2 is 1.68 bits per heavy atom. The van der Waals surface area contributed by atoms with Crippen LogP contribution in [0.4, 0.5) is 0 Å². The predicted octanol–water partition coefficient (Wildman–Crippen LogP) is 3.78. The number of hydrogen-bond donors (Lipinski definition) is 1. The minimum absolute atomic E-state index is 0.154. The quantitative estimate of drug-likeness (QED) is 0.809. The molecule has 1 aromatic carbocycles. The van der Waals surface area contributed by atoms with Crippen molar-refractivity contribution < 1.29 is 5.11 Å². The van der Waals surface area contributed by atoms with Crippen molar-refractivity contribution in [3.05, 3.63) is 35.4 Å². The lowest BCUT2D eigenvalue weighted by Crippen LogP contribution is -2.40. The summed E-state index contributed by atoms with van der Waals surface area (Å²) < 4.78 is 0. The van der Waals surface area contributed by atoms with Gasteiger partial charge in [0.1, 0.15) is 0 Å². The Hall–Kier alpha value is -0.860. The minimum atomic E-state index is -0.412. The molecule has 2 heteroatoms. The van der Waals surface area contributed by atoms with Crippen molar-refractivity contribution in [3.63, 3.8) is 0 Å². The van der Waals surface area contributed by atoms with Gasteiger partial charge in [0.2, 0.25) is 0 Å². The Balaban J connectivity index is 2.73. The molecule has 0 aliphatic heterocycles. The molecule has 0 aromatic heterocycles. The van der Waals surface area contributed by atoms with Gasteiger partial charge in [-0.25, -0.2) is 0 Å². The number of likely N-dealkylation sites (N-methyl/N-ethyl adjacent to an activating group) is 1. The molecule has 0 fully saturated rings. The van der Waals surface area contributed by atoms with Crippen molar-refractivity contribution in [1.29, 1.82) is 0 Å². The molecule has 3 atom stereocenters. The summed E-state index contributed by atoms with van der Waals surface area (Å²) in [4.78, 5) is 2.37. The summed E-state index contributed by atoms with van der Waals surface area (Å²) in [7, 11) is 0. The third-order valence-corrected chi connectivity index (χ3v) is 4.10. The van der Waals surface area contributed by atoms with E-state index in [9.17, 15) is 5.11 Å². The van der Waals surface area contributed by atoms with Gasteiger partial charge in [0.25, 0.3) is 0 Å². The molecule has 0 amide bonds. The Bertz CT molecular complexity index is 360. The Morgan fingerprint density at radius 3 is 2.16 bits per heavy atom. The SMILES string of the molecule is CCC(C)CN(CC)C(C)C(O)c1ccc(C)cc1. The first-order valence-corrected chi connectivity index (χ1v) is 7.48. The molecule has 1 aromatic rings. The highest BCUT2D eigenvalue weighted by molar-refractivity contribution is 5.24. The predicted molar refractivity (Wildman–Crippen MR) is 82.3 cm³/mol. The first-order chi connectivity index (χ1) is 8.99. The maximum atomic E-state index is 10.5. The van der Waals surface area contributed by atoms with Crippen molar-refractivity contribution in [2.45, 2.75) is 53.2 Å². The molecule has 108 valence electrons. The summed E-state index contributed by atoms with van der Waals surface area (Å²) in [6, 6.07) is 8.36. The molecule has 1 N–H and O–H groups in total. The van der Waals surface area contributed by atoms with Gasteiger partial charge < -0.3 is 5.11 Å². The van der Waals surface area contributed by atoms with Crippen LogP contribution in [0.5, 0.6) is 0 Å². The second-order valence-corrected chi connectivity index (χ2v) is 5.70. The zero-order valence-electron chi connectivity index (χ0n) is 13.1. The standard InChI is InChI=1S/C17H29NO/c1-6-13(3)12-18(7-2)15(5)17(19)16-10-8-14(4)9-11-16/h8-11,13,15,17,19H,6-7,12H2,1-5H3.